The van der Waals surface area contributed by atoms with Gasteiger partial charge in [-0.1, -0.05) is 26.2 Å². The minimum atomic E-state index is 0.597. The number of nitrogens with one attached hydrogen (secondary N) is 1. The Balaban J connectivity index is 1.95. The topological polar surface area (TPSA) is 29.9 Å². The molecule has 1 aromatic rings. The van der Waals surface area contributed by atoms with Crippen molar-refractivity contribution < 1.29 is 0 Å². The summed E-state index contributed by atoms with van der Waals surface area (Å²) in [4.78, 5) is 0. The lowest BCUT2D eigenvalue weighted by atomic mass is 9.84. The highest BCUT2D eigenvalue weighted by Crippen LogP contribution is 2.27. The van der Waals surface area contributed by atoms with Gasteiger partial charge in [0, 0.05) is 12.2 Å². The quantitative estimate of drug-likeness (QED) is 0.850. The number of nitrogens with zero attached hydrogens (tertiary/aromatic N) is 2. The highest BCUT2D eigenvalue weighted by Gasteiger charge is 2.23. The van der Waals surface area contributed by atoms with Crippen LogP contribution in [0.2, 0.25) is 0 Å². The van der Waals surface area contributed by atoms with E-state index in [-0.39, 0.29) is 0 Å². The van der Waals surface area contributed by atoms with Crippen molar-refractivity contribution in [2.75, 3.05) is 6.54 Å². The fourth-order valence-electron chi connectivity index (χ4n) is 2.95. The van der Waals surface area contributed by atoms with Crippen molar-refractivity contribution in [2.24, 2.45) is 5.92 Å². The highest BCUT2D eigenvalue weighted by molar-refractivity contribution is 4.95. The van der Waals surface area contributed by atoms with E-state index in [1.807, 2.05) is 0 Å². The molecule has 1 atom stereocenters. The minimum absolute atomic E-state index is 0.597. The molecule has 1 fully saturated rings. The fourth-order valence-corrected chi connectivity index (χ4v) is 2.95. The van der Waals surface area contributed by atoms with Gasteiger partial charge in [0.25, 0.3) is 0 Å². The van der Waals surface area contributed by atoms with Crippen LogP contribution in [0.3, 0.4) is 0 Å². The summed E-state index contributed by atoms with van der Waals surface area (Å²) in [5.41, 5.74) is 1.11. The second-order valence-corrected chi connectivity index (χ2v) is 5.24. The third kappa shape index (κ3) is 3.56. The molecule has 3 heteroatoms. The zero-order valence-electron chi connectivity index (χ0n) is 11.2. The number of likely N-dealkylation sites (N-methyl/N-ethyl adjacent to an activating group) is 1. The standard InChI is InChI=1S/C14H25N3/c1-3-15-14(13-7-5-4-6-8-13)11-17-10-9-12(2)16-17/h9-10,13-15H,3-8,11H2,1-2H3. The number of rotatable bonds is 5. The van der Waals surface area contributed by atoms with Gasteiger partial charge in [-0.15, -0.1) is 0 Å². The summed E-state index contributed by atoms with van der Waals surface area (Å²) in [5, 5.41) is 8.15. The van der Waals surface area contributed by atoms with E-state index in [0.29, 0.717) is 6.04 Å². The van der Waals surface area contributed by atoms with Gasteiger partial charge in [-0.25, -0.2) is 0 Å². The van der Waals surface area contributed by atoms with Gasteiger partial charge in [0.05, 0.1) is 12.2 Å². The Bertz CT molecular complexity index is 326. The summed E-state index contributed by atoms with van der Waals surface area (Å²) >= 11 is 0. The molecule has 0 bridgehead atoms. The minimum Gasteiger partial charge on any atom is -0.312 e. The van der Waals surface area contributed by atoms with Crippen LogP contribution in [0.25, 0.3) is 0 Å². The first-order valence-electron chi connectivity index (χ1n) is 7.03. The van der Waals surface area contributed by atoms with E-state index < -0.39 is 0 Å². The molecule has 0 saturated heterocycles. The van der Waals surface area contributed by atoms with Crippen LogP contribution in [-0.4, -0.2) is 22.4 Å². The lowest BCUT2D eigenvalue weighted by Gasteiger charge is -2.30. The molecule has 1 heterocycles. The Labute approximate surface area is 105 Å². The zero-order chi connectivity index (χ0) is 12.1. The normalized spacial score (nSPS) is 19.4. The summed E-state index contributed by atoms with van der Waals surface area (Å²) in [6.45, 7) is 6.33. The van der Waals surface area contributed by atoms with Gasteiger partial charge in [0.15, 0.2) is 0 Å². The van der Waals surface area contributed by atoms with E-state index in [9.17, 15) is 0 Å². The first-order chi connectivity index (χ1) is 8.29. The van der Waals surface area contributed by atoms with Crippen molar-refractivity contribution >= 4 is 0 Å². The first kappa shape index (κ1) is 12.6. The van der Waals surface area contributed by atoms with Gasteiger partial charge in [-0.2, -0.15) is 5.10 Å². The van der Waals surface area contributed by atoms with Crippen LogP contribution in [0.4, 0.5) is 0 Å². The largest absolute Gasteiger partial charge is 0.312 e. The zero-order valence-corrected chi connectivity index (χ0v) is 11.2. The van der Waals surface area contributed by atoms with Crippen LogP contribution in [0, 0.1) is 12.8 Å². The molecule has 17 heavy (non-hydrogen) atoms. The predicted octanol–water partition coefficient (Wildman–Crippen LogP) is 2.75. The van der Waals surface area contributed by atoms with Crippen LogP contribution in [0.15, 0.2) is 12.3 Å². The smallest absolute Gasteiger partial charge is 0.0593 e. The SMILES string of the molecule is CCNC(Cn1ccc(C)n1)C1CCCCC1. The molecule has 96 valence electrons. The number of aryl methyl sites for hydroxylation is 1. The average Bonchev–Trinajstić information content (AvgIpc) is 2.75. The van der Waals surface area contributed by atoms with Gasteiger partial charge in [-0.3, -0.25) is 4.68 Å². The lowest BCUT2D eigenvalue weighted by Crippen LogP contribution is -2.40. The second kappa shape index (κ2) is 6.20. The molecule has 0 aliphatic heterocycles. The Kier molecular flexibility index (Phi) is 4.60. The van der Waals surface area contributed by atoms with Gasteiger partial charge in [-0.05, 0) is 38.3 Å². The molecule has 1 saturated carbocycles. The highest BCUT2D eigenvalue weighted by atomic mass is 15.3. The molecular formula is C14H25N3. The molecule has 2 rings (SSSR count). The molecule has 1 aromatic heterocycles. The van der Waals surface area contributed by atoms with Crippen LogP contribution >= 0.6 is 0 Å². The maximum Gasteiger partial charge on any atom is 0.0593 e. The molecule has 0 radical (unpaired) electrons. The lowest BCUT2D eigenvalue weighted by molar-refractivity contribution is 0.245. The summed E-state index contributed by atoms with van der Waals surface area (Å²) in [5.74, 6) is 0.841. The van der Waals surface area contributed by atoms with Crippen LogP contribution in [0.5, 0.6) is 0 Å². The molecule has 3 nitrogen and oxygen atoms in total. The van der Waals surface area contributed by atoms with Crippen molar-refractivity contribution in [1.29, 1.82) is 0 Å². The van der Waals surface area contributed by atoms with Gasteiger partial charge in [0.1, 0.15) is 0 Å². The number of hydrogen-bond acceptors (Lipinski definition) is 2. The van der Waals surface area contributed by atoms with Crippen molar-refractivity contribution in [3.8, 4) is 0 Å². The molecule has 0 spiro atoms. The van der Waals surface area contributed by atoms with E-state index >= 15 is 0 Å². The van der Waals surface area contributed by atoms with Gasteiger partial charge < -0.3 is 5.32 Å². The summed E-state index contributed by atoms with van der Waals surface area (Å²) in [6, 6.07) is 2.68. The van der Waals surface area contributed by atoms with Crippen LogP contribution in [0.1, 0.15) is 44.7 Å². The Morgan fingerprint density at radius 3 is 2.76 bits per heavy atom. The number of aromatic nitrogens is 2. The molecule has 1 N–H and O–H groups in total. The first-order valence-corrected chi connectivity index (χ1v) is 7.03. The van der Waals surface area contributed by atoms with Crippen molar-refractivity contribution in [1.82, 2.24) is 15.1 Å². The summed E-state index contributed by atoms with van der Waals surface area (Å²) in [6.07, 6.45) is 9.12. The second-order valence-electron chi connectivity index (χ2n) is 5.24. The molecule has 0 aromatic carbocycles. The Hall–Kier alpha value is -0.830. The van der Waals surface area contributed by atoms with E-state index in [2.05, 4.69) is 41.2 Å². The molecule has 1 aliphatic carbocycles. The molecular weight excluding hydrogens is 210 g/mol. The van der Waals surface area contributed by atoms with E-state index in [1.54, 1.807) is 0 Å². The third-order valence-electron chi connectivity index (χ3n) is 3.84. The van der Waals surface area contributed by atoms with Gasteiger partial charge in [0.2, 0.25) is 0 Å². The fraction of sp³-hybridized carbons (Fsp3) is 0.786. The molecule has 0 amide bonds. The van der Waals surface area contributed by atoms with Gasteiger partial charge >= 0.3 is 0 Å². The monoisotopic (exact) mass is 235 g/mol. The third-order valence-corrected chi connectivity index (χ3v) is 3.84. The van der Waals surface area contributed by atoms with Crippen LogP contribution in [-0.2, 0) is 6.54 Å². The molecule has 1 aliphatic rings. The number of hydrogen-bond donors (Lipinski definition) is 1. The van der Waals surface area contributed by atoms with E-state index in [1.165, 1.54) is 32.1 Å². The predicted molar refractivity (Wildman–Crippen MR) is 71.0 cm³/mol. The molecule has 1 unspecified atom stereocenters. The van der Waals surface area contributed by atoms with Crippen molar-refractivity contribution in [3.63, 3.8) is 0 Å². The summed E-state index contributed by atoms with van der Waals surface area (Å²) in [7, 11) is 0. The Morgan fingerprint density at radius 1 is 1.41 bits per heavy atom. The van der Waals surface area contributed by atoms with E-state index in [0.717, 1.165) is 24.7 Å². The summed E-state index contributed by atoms with van der Waals surface area (Å²) < 4.78 is 2.09. The maximum absolute atomic E-state index is 4.50. The van der Waals surface area contributed by atoms with Crippen molar-refractivity contribution in [3.05, 3.63) is 18.0 Å². The Morgan fingerprint density at radius 2 is 2.18 bits per heavy atom. The van der Waals surface area contributed by atoms with E-state index in [4.69, 9.17) is 0 Å². The van der Waals surface area contributed by atoms with Crippen molar-refractivity contribution in [2.45, 2.75) is 58.5 Å². The van der Waals surface area contributed by atoms with Crippen LogP contribution < -0.4 is 5.32 Å². The average molecular weight is 235 g/mol. The maximum atomic E-state index is 4.50.